The third-order valence-corrected chi connectivity index (χ3v) is 3.60. The van der Waals surface area contributed by atoms with Crippen molar-refractivity contribution in [1.29, 1.82) is 0 Å². The molecule has 8 heteroatoms. The van der Waals surface area contributed by atoms with E-state index in [2.05, 4.69) is 20.5 Å². The highest BCUT2D eigenvalue weighted by Gasteiger charge is 2.17. The number of nitrogens with one attached hydrogen (secondary N) is 1. The molecular formula is C14H14N4O3S. The topological polar surface area (TPSA) is 82.3 Å². The molecule has 7 nitrogen and oxygen atoms in total. The number of hydrogen-bond acceptors (Lipinski definition) is 8. The predicted molar refractivity (Wildman–Crippen MR) is 82.3 cm³/mol. The van der Waals surface area contributed by atoms with Gasteiger partial charge in [0.2, 0.25) is 0 Å². The predicted octanol–water partition coefficient (Wildman–Crippen LogP) is 2.82. The second-order valence-electron chi connectivity index (χ2n) is 4.29. The largest absolute Gasteiger partial charge is 0.493 e. The SMILES string of the molecule is COc1cccc(-c2nnc(NCc3cscn3)o2)c1OC. The van der Waals surface area contributed by atoms with Crippen LogP contribution in [0.25, 0.3) is 11.5 Å². The number of methoxy groups -OCH3 is 2. The average molecular weight is 318 g/mol. The van der Waals surface area contributed by atoms with Gasteiger partial charge in [0.15, 0.2) is 11.5 Å². The lowest BCUT2D eigenvalue weighted by Crippen LogP contribution is -1.99. The van der Waals surface area contributed by atoms with Crippen molar-refractivity contribution in [1.82, 2.24) is 15.2 Å². The molecule has 0 saturated heterocycles. The summed E-state index contributed by atoms with van der Waals surface area (Å²) in [5, 5.41) is 13.0. The highest BCUT2D eigenvalue weighted by molar-refractivity contribution is 7.07. The van der Waals surface area contributed by atoms with Crippen molar-refractivity contribution in [3.63, 3.8) is 0 Å². The van der Waals surface area contributed by atoms with Crippen molar-refractivity contribution in [3.8, 4) is 23.0 Å². The van der Waals surface area contributed by atoms with Crippen LogP contribution in [0.4, 0.5) is 6.01 Å². The van der Waals surface area contributed by atoms with Crippen LogP contribution < -0.4 is 14.8 Å². The number of para-hydroxylation sites is 1. The summed E-state index contributed by atoms with van der Waals surface area (Å²) in [5.41, 5.74) is 3.37. The molecule has 0 aliphatic heterocycles. The molecule has 0 saturated carbocycles. The highest BCUT2D eigenvalue weighted by atomic mass is 32.1. The maximum absolute atomic E-state index is 5.62. The van der Waals surface area contributed by atoms with Crippen molar-refractivity contribution in [2.75, 3.05) is 19.5 Å². The molecule has 0 amide bonds. The fraction of sp³-hybridized carbons (Fsp3) is 0.214. The quantitative estimate of drug-likeness (QED) is 0.748. The molecule has 0 spiro atoms. The van der Waals surface area contributed by atoms with Crippen LogP contribution in [0.15, 0.2) is 33.5 Å². The van der Waals surface area contributed by atoms with Gasteiger partial charge in [0.1, 0.15) is 0 Å². The van der Waals surface area contributed by atoms with Crippen LogP contribution in [0, 0.1) is 0 Å². The summed E-state index contributed by atoms with van der Waals surface area (Å²) in [6, 6.07) is 5.80. The first-order valence-electron chi connectivity index (χ1n) is 6.47. The van der Waals surface area contributed by atoms with E-state index in [9.17, 15) is 0 Å². The van der Waals surface area contributed by atoms with Crippen LogP contribution in [0.2, 0.25) is 0 Å². The number of rotatable bonds is 6. The zero-order valence-corrected chi connectivity index (χ0v) is 12.9. The van der Waals surface area contributed by atoms with Crippen LogP contribution in [0.1, 0.15) is 5.69 Å². The Balaban J connectivity index is 1.81. The zero-order valence-electron chi connectivity index (χ0n) is 12.1. The van der Waals surface area contributed by atoms with Crippen molar-refractivity contribution in [2.45, 2.75) is 6.54 Å². The molecule has 0 unspecified atom stereocenters. The molecule has 1 N–H and O–H groups in total. The van der Waals surface area contributed by atoms with Crippen LogP contribution in [-0.4, -0.2) is 29.4 Å². The second-order valence-corrected chi connectivity index (χ2v) is 5.01. The molecule has 114 valence electrons. The molecule has 3 rings (SSSR count). The van der Waals surface area contributed by atoms with Gasteiger partial charge >= 0.3 is 6.01 Å². The van der Waals surface area contributed by atoms with E-state index in [0.717, 1.165) is 5.69 Å². The summed E-state index contributed by atoms with van der Waals surface area (Å²) in [5.74, 6) is 1.52. The summed E-state index contributed by atoms with van der Waals surface area (Å²) in [6.45, 7) is 0.528. The molecule has 1 aromatic carbocycles. The van der Waals surface area contributed by atoms with Crippen molar-refractivity contribution >= 4 is 17.4 Å². The van der Waals surface area contributed by atoms with E-state index in [1.165, 1.54) is 11.3 Å². The van der Waals surface area contributed by atoms with Gasteiger partial charge in [0, 0.05) is 5.38 Å². The lowest BCUT2D eigenvalue weighted by Gasteiger charge is -2.09. The molecule has 2 heterocycles. The Kier molecular flexibility index (Phi) is 4.19. The van der Waals surface area contributed by atoms with E-state index in [1.54, 1.807) is 25.8 Å². The minimum absolute atomic E-state index is 0.327. The molecule has 22 heavy (non-hydrogen) atoms. The monoisotopic (exact) mass is 318 g/mol. The number of benzene rings is 1. The van der Waals surface area contributed by atoms with Crippen molar-refractivity contribution < 1.29 is 13.9 Å². The summed E-state index contributed by atoms with van der Waals surface area (Å²) in [6.07, 6.45) is 0. The van der Waals surface area contributed by atoms with Crippen LogP contribution >= 0.6 is 11.3 Å². The van der Waals surface area contributed by atoms with Gasteiger partial charge in [-0.15, -0.1) is 16.4 Å². The number of nitrogens with zero attached hydrogens (tertiary/aromatic N) is 3. The van der Waals surface area contributed by atoms with Crippen molar-refractivity contribution in [2.24, 2.45) is 0 Å². The number of ether oxygens (including phenoxy) is 2. The average Bonchev–Trinajstić information content (AvgIpc) is 3.23. The van der Waals surface area contributed by atoms with E-state index in [-0.39, 0.29) is 0 Å². The molecule has 0 atom stereocenters. The summed E-state index contributed by atoms with van der Waals surface area (Å²) < 4.78 is 16.2. The van der Waals surface area contributed by atoms with E-state index >= 15 is 0 Å². The number of aromatic nitrogens is 3. The first kappa shape index (κ1) is 14.3. The van der Waals surface area contributed by atoms with E-state index < -0.39 is 0 Å². The van der Waals surface area contributed by atoms with Gasteiger partial charge in [0.05, 0.1) is 37.5 Å². The van der Waals surface area contributed by atoms with E-state index in [4.69, 9.17) is 13.9 Å². The number of hydrogen-bond donors (Lipinski definition) is 1. The lowest BCUT2D eigenvalue weighted by molar-refractivity contribution is 0.355. The molecular weight excluding hydrogens is 304 g/mol. The first-order valence-corrected chi connectivity index (χ1v) is 7.42. The standard InChI is InChI=1S/C14H14N4O3S/c1-19-11-5-3-4-10(12(11)20-2)13-17-18-14(21-13)15-6-9-7-22-8-16-9/h3-5,7-8H,6H2,1-2H3,(H,15,18). The molecule has 0 bridgehead atoms. The lowest BCUT2D eigenvalue weighted by atomic mass is 10.2. The maximum Gasteiger partial charge on any atom is 0.316 e. The summed E-state index contributed by atoms with van der Waals surface area (Å²) in [7, 11) is 3.15. The van der Waals surface area contributed by atoms with Crippen LogP contribution in [0.3, 0.4) is 0 Å². The van der Waals surface area contributed by atoms with Gasteiger partial charge in [-0.3, -0.25) is 0 Å². The number of anilines is 1. The molecule has 0 fully saturated rings. The minimum atomic E-state index is 0.327. The fourth-order valence-electron chi connectivity index (χ4n) is 1.95. The fourth-order valence-corrected chi connectivity index (χ4v) is 2.51. The third-order valence-electron chi connectivity index (χ3n) is 2.96. The Labute approximate surface area is 130 Å². The van der Waals surface area contributed by atoms with Crippen molar-refractivity contribution in [3.05, 3.63) is 34.8 Å². The van der Waals surface area contributed by atoms with Gasteiger partial charge in [-0.05, 0) is 12.1 Å². The Bertz CT molecular complexity index is 742. The Morgan fingerprint density at radius 2 is 2.14 bits per heavy atom. The third kappa shape index (κ3) is 2.86. The smallest absolute Gasteiger partial charge is 0.316 e. The first-order chi connectivity index (χ1) is 10.8. The Hall–Kier alpha value is -2.61. The van der Waals surface area contributed by atoms with Crippen LogP contribution in [-0.2, 0) is 6.54 Å². The van der Waals surface area contributed by atoms with Gasteiger partial charge in [0.25, 0.3) is 5.89 Å². The molecule has 0 aliphatic carbocycles. The Morgan fingerprint density at radius 3 is 2.86 bits per heavy atom. The second kappa shape index (κ2) is 6.44. The van der Waals surface area contributed by atoms with Gasteiger partial charge in [-0.2, -0.15) is 0 Å². The van der Waals surface area contributed by atoms with Gasteiger partial charge in [-0.25, -0.2) is 4.98 Å². The Morgan fingerprint density at radius 1 is 1.23 bits per heavy atom. The zero-order chi connectivity index (χ0) is 15.4. The molecule has 0 radical (unpaired) electrons. The van der Waals surface area contributed by atoms with Gasteiger partial charge < -0.3 is 19.2 Å². The van der Waals surface area contributed by atoms with Gasteiger partial charge in [-0.1, -0.05) is 11.2 Å². The molecule has 3 aromatic rings. The molecule has 2 aromatic heterocycles. The van der Waals surface area contributed by atoms with E-state index in [1.807, 2.05) is 17.5 Å². The minimum Gasteiger partial charge on any atom is -0.493 e. The highest BCUT2D eigenvalue weighted by Crippen LogP contribution is 2.37. The summed E-state index contributed by atoms with van der Waals surface area (Å²) in [4.78, 5) is 4.18. The molecule has 0 aliphatic rings. The summed E-state index contributed by atoms with van der Waals surface area (Å²) >= 11 is 1.54. The number of thiazole rings is 1. The van der Waals surface area contributed by atoms with Crippen LogP contribution in [0.5, 0.6) is 11.5 Å². The maximum atomic E-state index is 5.62. The normalized spacial score (nSPS) is 10.5. The van der Waals surface area contributed by atoms with E-state index in [0.29, 0.717) is 35.5 Å².